The first-order valence-electron chi connectivity index (χ1n) is 5.84. The molecule has 0 radical (unpaired) electrons. The van der Waals surface area contributed by atoms with Crippen molar-refractivity contribution in [1.29, 1.82) is 0 Å². The Kier molecular flexibility index (Phi) is 4.44. The normalized spacial score (nSPS) is 10.6. The molecule has 0 amide bonds. The Balaban J connectivity index is 1.92. The molecular weight excluding hydrogens is 244 g/mol. The molecule has 2 aromatic rings. The molecule has 1 N–H and O–H groups in total. The van der Waals surface area contributed by atoms with Gasteiger partial charge in [-0.3, -0.25) is 0 Å². The third-order valence-electron chi connectivity index (χ3n) is 2.56. The lowest BCUT2D eigenvalue weighted by Crippen LogP contribution is -2.05. The fourth-order valence-electron chi connectivity index (χ4n) is 1.60. The molecule has 0 unspecified atom stereocenters. The van der Waals surface area contributed by atoms with Crippen molar-refractivity contribution in [3.05, 3.63) is 47.9 Å². The van der Waals surface area contributed by atoms with Gasteiger partial charge in [-0.15, -0.1) is 0 Å². The van der Waals surface area contributed by atoms with Crippen LogP contribution in [-0.4, -0.2) is 20.4 Å². The van der Waals surface area contributed by atoms with E-state index < -0.39 is 0 Å². The fraction of sp³-hybridized carbons (Fsp3) is 0.214. The zero-order valence-electron chi connectivity index (χ0n) is 10.9. The number of hydrazone groups is 1. The van der Waals surface area contributed by atoms with Crippen molar-refractivity contribution in [2.75, 3.05) is 14.2 Å². The van der Waals surface area contributed by atoms with Crippen LogP contribution in [0.3, 0.4) is 0 Å². The molecule has 0 atom stereocenters. The maximum atomic E-state index is 5.24. The van der Waals surface area contributed by atoms with E-state index in [2.05, 4.69) is 10.5 Å². The van der Waals surface area contributed by atoms with Gasteiger partial charge >= 0.3 is 0 Å². The largest absolute Gasteiger partial charge is 0.493 e. The summed E-state index contributed by atoms with van der Waals surface area (Å²) >= 11 is 0. The van der Waals surface area contributed by atoms with Crippen molar-refractivity contribution in [3.63, 3.8) is 0 Å². The van der Waals surface area contributed by atoms with Crippen LogP contribution in [-0.2, 0) is 6.54 Å². The van der Waals surface area contributed by atoms with E-state index >= 15 is 0 Å². The van der Waals surface area contributed by atoms with Gasteiger partial charge in [0.1, 0.15) is 5.76 Å². The molecule has 1 aromatic carbocycles. The molecule has 2 rings (SSSR count). The number of nitrogens with zero attached hydrogens (tertiary/aromatic N) is 1. The maximum Gasteiger partial charge on any atom is 0.161 e. The second-order valence-corrected chi connectivity index (χ2v) is 3.80. The van der Waals surface area contributed by atoms with Crippen LogP contribution < -0.4 is 14.9 Å². The zero-order valence-corrected chi connectivity index (χ0v) is 10.9. The number of nitrogens with one attached hydrogen (secondary N) is 1. The number of benzene rings is 1. The molecule has 100 valence electrons. The smallest absolute Gasteiger partial charge is 0.161 e. The number of hydrogen-bond donors (Lipinski definition) is 1. The van der Waals surface area contributed by atoms with Crippen molar-refractivity contribution in [2.24, 2.45) is 5.10 Å². The number of ether oxygens (including phenoxy) is 2. The van der Waals surface area contributed by atoms with Crippen molar-refractivity contribution < 1.29 is 13.9 Å². The van der Waals surface area contributed by atoms with Crippen LogP contribution in [0.25, 0.3) is 0 Å². The third kappa shape index (κ3) is 3.51. The van der Waals surface area contributed by atoms with E-state index in [1.807, 2.05) is 30.3 Å². The van der Waals surface area contributed by atoms with E-state index in [0.717, 1.165) is 5.56 Å². The summed E-state index contributed by atoms with van der Waals surface area (Å²) in [7, 11) is 3.23. The fourth-order valence-corrected chi connectivity index (χ4v) is 1.60. The quantitative estimate of drug-likeness (QED) is 0.640. The zero-order chi connectivity index (χ0) is 13.5. The highest BCUT2D eigenvalue weighted by Crippen LogP contribution is 2.27. The molecule has 5 heteroatoms. The van der Waals surface area contributed by atoms with Crippen molar-refractivity contribution in [1.82, 2.24) is 5.43 Å². The summed E-state index contributed by atoms with van der Waals surface area (Å²) in [5.41, 5.74) is 3.99. The average Bonchev–Trinajstić information content (AvgIpc) is 2.96. The van der Waals surface area contributed by atoms with E-state index in [0.29, 0.717) is 23.8 Å². The minimum Gasteiger partial charge on any atom is -0.493 e. The van der Waals surface area contributed by atoms with Gasteiger partial charge in [-0.2, -0.15) is 5.10 Å². The lowest BCUT2D eigenvalue weighted by molar-refractivity contribution is 0.354. The molecule has 5 nitrogen and oxygen atoms in total. The highest BCUT2D eigenvalue weighted by atomic mass is 16.5. The van der Waals surface area contributed by atoms with E-state index in [-0.39, 0.29) is 0 Å². The number of methoxy groups -OCH3 is 2. The van der Waals surface area contributed by atoms with Crippen molar-refractivity contribution in [2.45, 2.75) is 6.54 Å². The Labute approximate surface area is 111 Å². The summed E-state index contributed by atoms with van der Waals surface area (Å²) in [6, 6.07) is 9.38. The summed E-state index contributed by atoms with van der Waals surface area (Å²) in [5.74, 6) is 2.13. The Morgan fingerprint density at radius 3 is 2.74 bits per heavy atom. The predicted molar refractivity (Wildman–Crippen MR) is 72.7 cm³/mol. The minimum atomic E-state index is 0.595. The highest BCUT2D eigenvalue weighted by Gasteiger charge is 2.03. The van der Waals surface area contributed by atoms with Gasteiger partial charge in [-0.1, -0.05) is 6.07 Å². The molecule has 1 heterocycles. The lowest BCUT2D eigenvalue weighted by atomic mass is 10.2. The van der Waals surface area contributed by atoms with Gasteiger partial charge in [0.25, 0.3) is 0 Å². The minimum absolute atomic E-state index is 0.595. The molecule has 0 aliphatic carbocycles. The van der Waals surface area contributed by atoms with Gasteiger partial charge in [-0.25, -0.2) is 0 Å². The summed E-state index contributed by atoms with van der Waals surface area (Å²) < 4.78 is 15.5. The number of furan rings is 1. The SMILES string of the molecule is COc1ccc(CN/N=C\c2ccco2)cc1OC. The first-order chi connectivity index (χ1) is 9.33. The van der Waals surface area contributed by atoms with Crippen LogP contribution >= 0.6 is 0 Å². The molecule has 19 heavy (non-hydrogen) atoms. The average molecular weight is 260 g/mol. The van der Waals surface area contributed by atoms with Gasteiger partial charge in [0.05, 0.1) is 33.2 Å². The van der Waals surface area contributed by atoms with E-state index in [4.69, 9.17) is 13.9 Å². The highest BCUT2D eigenvalue weighted by molar-refractivity contribution is 5.75. The third-order valence-corrected chi connectivity index (χ3v) is 2.56. The molecule has 1 aromatic heterocycles. The van der Waals surface area contributed by atoms with Crippen LogP contribution in [0.1, 0.15) is 11.3 Å². The second-order valence-electron chi connectivity index (χ2n) is 3.80. The monoisotopic (exact) mass is 260 g/mol. The van der Waals surface area contributed by atoms with Gasteiger partial charge in [-0.05, 0) is 29.8 Å². The Morgan fingerprint density at radius 1 is 1.21 bits per heavy atom. The number of rotatable bonds is 6. The molecule has 0 bridgehead atoms. The number of hydrogen-bond acceptors (Lipinski definition) is 5. The van der Waals surface area contributed by atoms with Crippen LogP contribution in [0.2, 0.25) is 0 Å². The van der Waals surface area contributed by atoms with Gasteiger partial charge < -0.3 is 19.3 Å². The van der Waals surface area contributed by atoms with Crippen LogP contribution in [0.5, 0.6) is 11.5 Å². The van der Waals surface area contributed by atoms with E-state index in [1.165, 1.54) is 0 Å². The topological polar surface area (TPSA) is 56.0 Å². The summed E-state index contributed by atoms with van der Waals surface area (Å²) in [6.45, 7) is 0.595. The predicted octanol–water partition coefficient (Wildman–Crippen LogP) is 2.42. The van der Waals surface area contributed by atoms with Crippen LogP contribution in [0.15, 0.2) is 46.1 Å². The summed E-state index contributed by atoms with van der Waals surface area (Å²) in [4.78, 5) is 0. The summed E-state index contributed by atoms with van der Waals surface area (Å²) in [5, 5.41) is 4.07. The van der Waals surface area contributed by atoms with Gasteiger partial charge in [0.2, 0.25) is 0 Å². The Morgan fingerprint density at radius 2 is 2.05 bits per heavy atom. The lowest BCUT2D eigenvalue weighted by Gasteiger charge is -2.09. The molecule has 0 aliphatic heterocycles. The van der Waals surface area contributed by atoms with Crippen molar-refractivity contribution >= 4 is 6.21 Å². The van der Waals surface area contributed by atoms with Crippen LogP contribution in [0, 0.1) is 0 Å². The van der Waals surface area contributed by atoms with Crippen molar-refractivity contribution in [3.8, 4) is 11.5 Å². The molecule has 0 saturated carbocycles. The Bertz CT molecular complexity index is 536. The molecular formula is C14H16N2O3. The van der Waals surface area contributed by atoms with E-state index in [1.54, 1.807) is 26.7 Å². The first-order valence-corrected chi connectivity index (χ1v) is 5.84. The van der Waals surface area contributed by atoms with Crippen LogP contribution in [0.4, 0.5) is 0 Å². The second kappa shape index (κ2) is 6.49. The standard InChI is InChI=1S/C14H16N2O3/c1-17-13-6-5-11(8-14(13)18-2)9-15-16-10-12-4-3-7-19-12/h3-8,10,15H,9H2,1-2H3/b16-10-. The van der Waals surface area contributed by atoms with E-state index in [9.17, 15) is 0 Å². The molecule has 0 fully saturated rings. The first kappa shape index (κ1) is 13.0. The van der Waals surface area contributed by atoms with Gasteiger partial charge in [0, 0.05) is 0 Å². The Hall–Kier alpha value is -2.43. The van der Waals surface area contributed by atoms with Gasteiger partial charge in [0.15, 0.2) is 11.5 Å². The maximum absolute atomic E-state index is 5.24. The summed E-state index contributed by atoms with van der Waals surface area (Å²) in [6.07, 6.45) is 3.23. The molecule has 0 spiro atoms. The molecule has 0 saturated heterocycles. The molecule has 0 aliphatic rings.